The smallest absolute Gasteiger partial charge is 0.248 e. The van der Waals surface area contributed by atoms with Crippen LogP contribution in [0, 0.1) is 5.92 Å². The first-order valence-electron chi connectivity index (χ1n) is 14.4. The molecule has 232 valence electrons. The van der Waals surface area contributed by atoms with E-state index in [1.165, 1.54) is 30.3 Å². The number of nitrogens with zero attached hydrogens (tertiary/aromatic N) is 3. The molecule has 0 aromatic rings. The molecular weight excluding hydrogens is 554 g/mol. The maximum absolute atomic E-state index is 12.9. The molecule has 0 aromatic carbocycles. The van der Waals surface area contributed by atoms with E-state index >= 15 is 0 Å². The fourth-order valence-corrected chi connectivity index (χ4v) is 6.05. The molecule has 1 aliphatic carbocycles. The van der Waals surface area contributed by atoms with E-state index in [1.54, 1.807) is 17.1 Å². The Labute approximate surface area is 243 Å². The lowest BCUT2D eigenvalue weighted by Gasteiger charge is -2.36. The third-order valence-electron chi connectivity index (χ3n) is 7.68. The molecule has 2 saturated heterocycles. The zero-order valence-electron chi connectivity index (χ0n) is 24.1. The number of rotatable bonds is 11. The summed E-state index contributed by atoms with van der Waals surface area (Å²) < 4.78 is 51.7. The van der Waals surface area contributed by atoms with Gasteiger partial charge in [-0.05, 0) is 64.1 Å². The first-order valence-corrected chi connectivity index (χ1v) is 15.9. The summed E-state index contributed by atoms with van der Waals surface area (Å²) in [5, 5.41) is 10.7. The van der Waals surface area contributed by atoms with Crippen molar-refractivity contribution in [2.45, 2.75) is 76.2 Å². The third-order valence-corrected chi connectivity index (χ3v) is 9.11. The molecule has 3 aliphatic rings. The summed E-state index contributed by atoms with van der Waals surface area (Å²) in [6.07, 6.45) is 12.4. The van der Waals surface area contributed by atoms with Gasteiger partial charge in [0.15, 0.2) is 0 Å². The van der Waals surface area contributed by atoms with Crippen LogP contribution in [0.1, 0.15) is 64.2 Å². The Balaban J connectivity index is 0.000000329. The van der Waals surface area contributed by atoms with E-state index in [0.29, 0.717) is 38.9 Å². The SMILES string of the molecule is C=C/C=C(\C=C/CCC(=O)N(CC=C)C1CCN(O)CC1)S(=O)(=O)NC.O=C(C1CCC(F)(F)CC1)N1CCCC1. The average molecular weight is 601 g/mol. The van der Waals surface area contributed by atoms with E-state index in [9.17, 15) is 32.0 Å². The van der Waals surface area contributed by atoms with Gasteiger partial charge in [0.2, 0.25) is 27.8 Å². The second-order valence-corrected chi connectivity index (χ2v) is 12.5. The number of amides is 2. The monoisotopic (exact) mass is 600 g/mol. The molecule has 1 saturated carbocycles. The molecule has 41 heavy (non-hydrogen) atoms. The molecule has 12 heteroatoms. The highest BCUT2D eigenvalue weighted by atomic mass is 32.2. The summed E-state index contributed by atoms with van der Waals surface area (Å²) in [4.78, 5) is 28.2. The van der Waals surface area contributed by atoms with Crippen LogP contribution in [-0.2, 0) is 19.6 Å². The van der Waals surface area contributed by atoms with Crippen LogP contribution in [0.5, 0.6) is 0 Å². The number of nitrogens with one attached hydrogen (secondary N) is 1. The lowest BCUT2D eigenvalue weighted by molar-refractivity contribution is -0.141. The Morgan fingerprint density at radius 1 is 1.07 bits per heavy atom. The van der Waals surface area contributed by atoms with Crippen molar-refractivity contribution < 1.29 is 32.0 Å². The Morgan fingerprint density at radius 3 is 2.22 bits per heavy atom. The van der Waals surface area contributed by atoms with Crippen molar-refractivity contribution in [3.8, 4) is 0 Å². The number of hydrogen-bond donors (Lipinski definition) is 2. The van der Waals surface area contributed by atoms with E-state index in [4.69, 9.17) is 0 Å². The van der Waals surface area contributed by atoms with Crippen LogP contribution in [-0.4, -0.2) is 92.0 Å². The summed E-state index contributed by atoms with van der Waals surface area (Å²) in [6, 6.07) is 0.0915. The van der Waals surface area contributed by atoms with Gasteiger partial charge >= 0.3 is 0 Å². The number of hydrogen-bond acceptors (Lipinski definition) is 6. The molecule has 0 radical (unpaired) electrons. The van der Waals surface area contributed by atoms with Crippen LogP contribution in [0.15, 0.2) is 48.4 Å². The van der Waals surface area contributed by atoms with Crippen LogP contribution in [0.2, 0.25) is 0 Å². The van der Waals surface area contributed by atoms with Crippen molar-refractivity contribution in [2.24, 2.45) is 5.92 Å². The van der Waals surface area contributed by atoms with E-state index in [2.05, 4.69) is 17.9 Å². The van der Waals surface area contributed by atoms with Gasteiger partial charge in [-0.25, -0.2) is 21.9 Å². The Morgan fingerprint density at radius 2 is 1.68 bits per heavy atom. The van der Waals surface area contributed by atoms with Gasteiger partial charge in [-0.2, -0.15) is 5.06 Å². The Hall–Kier alpha value is -2.41. The number of sulfonamides is 1. The molecule has 0 aromatic heterocycles. The highest BCUT2D eigenvalue weighted by Gasteiger charge is 2.38. The minimum absolute atomic E-state index is 0.00309. The number of allylic oxidation sites excluding steroid dienone is 4. The van der Waals surface area contributed by atoms with Crippen molar-refractivity contribution in [1.82, 2.24) is 19.6 Å². The van der Waals surface area contributed by atoms with E-state index in [-0.39, 0.29) is 47.9 Å². The molecule has 2 heterocycles. The summed E-state index contributed by atoms with van der Waals surface area (Å²) in [7, 11) is -2.21. The quantitative estimate of drug-likeness (QED) is 0.271. The van der Waals surface area contributed by atoms with Crippen molar-refractivity contribution in [3.63, 3.8) is 0 Å². The molecule has 0 atom stereocenters. The highest BCUT2D eigenvalue weighted by molar-refractivity contribution is 7.93. The van der Waals surface area contributed by atoms with Crippen molar-refractivity contribution >= 4 is 21.8 Å². The van der Waals surface area contributed by atoms with E-state index < -0.39 is 15.9 Å². The number of carbonyl (C=O) groups is 2. The molecule has 2 amide bonds. The van der Waals surface area contributed by atoms with Crippen molar-refractivity contribution in [1.29, 1.82) is 0 Å². The first-order chi connectivity index (χ1) is 19.4. The van der Waals surface area contributed by atoms with Crippen LogP contribution < -0.4 is 4.72 Å². The molecule has 2 N–H and O–H groups in total. The van der Waals surface area contributed by atoms with Crippen molar-refractivity contribution in [2.75, 3.05) is 39.8 Å². The molecule has 0 bridgehead atoms. The number of halogens is 2. The van der Waals surface area contributed by atoms with E-state index in [0.717, 1.165) is 38.8 Å². The molecule has 3 rings (SSSR count). The standard InChI is InChI=1S/C18H29N3O4S.C11H17F2NO/c1-4-8-17(26(24,25)19-3)9-6-7-10-18(22)21(13-5-2)16-11-14-20(23)15-12-16;12-11(13)5-3-9(4-6-11)10(15)14-7-1-2-8-14/h4-6,8-9,16,19,23H,1-2,7,10-15H2,3H3;9H,1-8H2/b9-6-,17-8+;. The summed E-state index contributed by atoms with van der Waals surface area (Å²) in [6.45, 7) is 10.4. The number of carbonyl (C=O) groups excluding carboxylic acids is 2. The largest absolute Gasteiger partial charge is 0.342 e. The maximum atomic E-state index is 12.9. The molecule has 0 spiro atoms. The molecule has 3 fully saturated rings. The third kappa shape index (κ3) is 11.4. The van der Waals surface area contributed by atoms with Crippen LogP contribution >= 0.6 is 0 Å². The lowest BCUT2D eigenvalue weighted by atomic mass is 9.86. The summed E-state index contributed by atoms with van der Waals surface area (Å²) in [5.41, 5.74) is 0. The Kier molecular flexibility index (Phi) is 14.3. The number of likely N-dealkylation sites (tertiary alicyclic amines) is 1. The second-order valence-electron chi connectivity index (χ2n) is 10.6. The zero-order chi connectivity index (χ0) is 30.5. The molecule has 2 aliphatic heterocycles. The molecule has 0 unspecified atom stereocenters. The van der Waals surface area contributed by atoms with Gasteiger partial charge < -0.3 is 15.0 Å². The fraction of sp³-hybridized carbons (Fsp3) is 0.655. The summed E-state index contributed by atoms with van der Waals surface area (Å²) in [5.74, 6) is -2.55. The maximum Gasteiger partial charge on any atom is 0.248 e. The van der Waals surface area contributed by atoms with Gasteiger partial charge in [0.1, 0.15) is 0 Å². The minimum atomic E-state index is -3.55. The summed E-state index contributed by atoms with van der Waals surface area (Å²) >= 11 is 0. The van der Waals surface area contributed by atoms with Crippen LogP contribution in [0.4, 0.5) is 8.78 Å². The number of hydroxylamine groups is 2. The molecular formula is C29H46F2N4O5S. The number of alkyl halides is 2. The normalized spacial score (nSPS) is 20.9. The van der Waals surface area contributed by atoms with Crippen molar-refractivity contribution in [3.05, 3.63) is 48.4 Å². The van der Waals surface area contributed by atoms with Gasteiger partial charge in [0.05, 0.1) is 4.91 Å². The lowest BCUT2D eigenvalue weighted by Crippen LogP contribution is -2.46. The van der Waals surface area contributed by atoms with Gasteiger partial charge in [0.25, 0.3) is 0 Å². The fourth-order valence-electron chi connectivity index (χ4n) is 5.26. The molecule has 9 nitrogen and oxygen atoms in total. The highest BCUT2D eigenvalue weighted by Crippen LogP contribution is 2.37. The predicted molar refractivity (Wildman–Crippen MR) is 156 cm³/mol. The predicted octanol–water partition coefficient (Wildman–Crippen LogP) is 4.24. The topological polar surface area (TPSA) is 110 Å². The van der Waals surface area contributed by atoms with Gasteiger partial charge in [0, 0.05) is 63.9 Å². The first kappa shape index (κ1) is 34.8. The van der Waals surface area contributed by atoms with E-state index in [1.807, 2.05) is 4.90 Å². The Bertz CT molecular complexity index is 1040. The average Bonchev–Trinajstić information content (AvgIpc) is 3.49. The van der Waals surface area contributed by atoms with Gasteiger partial charge in [-0.1, -0.05) is 24.8 Å². The van der Waals surface area contributed by atoms with Gasteiger partial charge in [-0.3, -0.25) is 9.59 Å². The van der Waals surface area contributed by atoms with Gasteiger partial charge in [-0.15, -0.1) is 6.58 Å². The van der Waals surface area contributed by atoms with Crippen LogP contribution in [0.3, 0.4) is 0 Å². The minimum Gasteiger partial charge on any atom is -0.342 e. The zero-order valence-corrected chi connectivity index (χ0v) is 25.0. The van der Waals surface area contributed by atoms with Crippen LogP contribution in [0.25, 0.3) is 0 Å². The second kappa shape index (κ2) is 16.9. The number of piperidine rings is 1.